The molecular weight excluding hydrogens is 262 g/mol. The van der Waals surface area contributed by atoms with Gasteiger partial charge in [0.25, 0.3) is 0 Å². The number of nitrogen functional groups attached to an aromatic ring is 1. The third kappa shape index (κ3) is 1.92. The predicted octanol–water partition coefficient (Wildman–Crippen LogP) is 4.11. The van der Waals surface area contributed by atoms with Crippen LogP contribution in [0.2, 0.25) is 0 Å². The molecule has 104 valence electrons. The van der Waals surface area contributed by atoms with E-state index < -0.39 is 0 Å². The number of rotatable bonds is 3. The molecule has 4 aromatic rings. The van der Waals surface area contributed by atoms with Crippen molar-refractivity contribution in [2.24, 2.45) is 0 Å². The van der Waals surface area contributed by atoms with Crippen LogP contribution in [0, 0.1) is 0 Å². The van der Waals surface area contributed by atoms with Crippen molar-refractivity contribution in [3.8, 4) is 0 Å². The zero-order valence-corrected chi connectivity index (χ0v) is 11.4. The van der Waals surface area contributed by atoms with E-state index in [-0.39, 0.29) is 0 Å². The van der Waals surface area contributed by atoms with Gasteiger partial charge in [-0.1, -0.05) is 18.2 Å². The van der Waals surface area contributed by atoms with Gasteiger partial charge in [-0.05, 0) is 24.3 Å². The van der Waals surface area contributed by atoms with Crippen LogP contribution in [0.1, 0.15) is 5.56 Å². The summed E-state index contributed by atoms with van der Waals surface area (Å²) in [6.45, 7) is 0.717. The lowest BCUT2D eigenvalue weighted by Gasteiger charge is -2.08. The Bertz CT molecular complexity index is 906. The number of fused-ring (bicyclic) bond motifs is 3. The van der Waals surface area contributed by atoms with Crippen LogP contribution in [-0.2, 0) is 6.54 Å². The number of hydrogen-bond acceptors (Lipinski definition) is 3. The second-order valence-electron chi connectivity index (χ2n) is 5.11. The third-order valence-corrected chi connectivity index (χ3v) is 3.76. The van der Waals surface area contributed by atoms with Gasteiger partial charge in [-0.2, -0.15) is 0 Å². The number of anilines is 2. The molecule has 0 saturated carbocycles. The second-order valence-corrected chi connectivity index (χ2v) is 5.11. The molecule has 0 aliphatic carbocycles. The SMILES string of the molecule is Nc1ccc(NCc2ccoc2)c2c1[nH]c1ccccc12. The quantitative estimate of drug-likeness (QED) is 0.494. The fourth-order valence-electron chi connectivity index (χ4n) is 2.72. The van der Waals surface area contributed by atoms with Crippen molar-refractivity contribution < 1.29 is 4.42 Å². The Morgan fingerprint density at radius 3 is 2.86 bits per heavy atom. The molecule has 0 amide bonds. The van der Waals surface area contributed by atoms with E-state index in [1.165, 1.54) is 5.39 Å². The molecule has 0 saturated heterocycles. The number of nitrogens with one attached hydrogen (secondary N) is 2. The van der Waals surface area contributed by atoms with E-state index in [9.17, 15) is 0 Å². The van der Waals surface area contributed by atoms with Gasteiger partial charge in [0.05, 0.1) is 23.7 Å². The minimum atomic E-state index is 0.717. The van der Waals surface area contributed by atoms with Crippen molar-refractivity contribution in [2.75, 3.05) is 11.1 Å². The van der Waals surface area contributed by atoms with Gasteiger partial charge >= 0.3 is 0 Å². The van der Waals surface area contributed by atoms with Crippen LogP contribution >= 0.6 is 0 Å². The molecule has 0 unspecified atom stereocenters. The highest BCUT2D eigenvalue weighted by atomic mass is 16.3. The molecule has 2 heterocycles. The number of hydrogen-bond donors (Lipinski definition) is 3. The molecule has 4 heteroatoms. The van der Waals surface area contributed by atoms with Crippen molar-refractivity contribution >= 4 is 33.2 Å². The minimum Gasteiger partial charge on any atom is -0.472 e. The van der Waals surface area contributed by atoms with Crippen LogP contribution < -0.4 is 11.1 Å². The standard InChI is InChI=1S/C17H15N3O/c18-13-5-6-15(19-9-11-7-8-21-10-11)16-12-3-1-2-4-14(12)20-17(13)16/h1-8,10,19-20H,9,18H2. The minimum absolute atomic E-state index is 0.717. The molecule has 0 fully saturated rings. The van der Waals surface area contributed by atoms with Gasteiger partial charge in [-0.25, -0.2) is 0 Å². The van der Waals surface area contributed by atoms with Crippen molar-refractivity contribution in [1.29, 1.82) is 0 Å². The van der Waals surface area contributed by atoms with E-state index in [1.807, 2.05) is 30.3 Å². The van der Waals surface area contributed by atoms with Gasteiger partial charge in [0.1, 0.15) is 0 Å². The summed E-state index contributed by atoms with van der Waals surface area (Å²) in [5, 5.41) is 5.77. The lowest BCUT2D eigenvalue weighted by atomic mass is 10.1. The lowest BCUT2D eigenvalue weighted by Crippen LogP contribution is -1.99. The van der Waals surface area contributed by atoms with Crippen LogP contribution in [0.15, 0.2) is 59.4 Å². The lowest BCUT2D eigenvalue weighted by molar-refractivity contribution is 0.564. The van der Waals surface area contributed by atoms with Gasteiger partial charge in [0.2, 0.25) is 0 Å². The highest BCUT2D eigenvalue weighted by Gasteiger charge is 2.11. The summed E-state index contributed by atoms with van der Waals surface area (Å²) in [4.78, 5) is 3.40. The molecule has 0 atom stereocenters. The second kappa shape index (κ2) is 4.59. The molecule has 0 spiro atoms. The first-order chi connectivity index (χ1) is 10.3. The molecule has 2 aromatic carbocycles. The molecule has 4 rings (SSSR count). The molecule has 2 aromatic heterocycles. The molecule has 4 N–H and O–H groups in total. The van der Waals surface area contributed by atoms with E-state index in [4.69, 9.17) is 10.2 Å². The van der Waals surface area contributed by atoms with Crippen molar-refractivity contribution in [3.63, 3.8) is 0 Å². The van der Waals surface area contributed by atoms with Gasteiger partial charge in [-0.15, -0.1) is 0 Å². The molecule has 0 bridgehead atoms. The van der Waals surface area contributed by atoms with Gasteiger partial charge in [-0.3, -0.25) is 0 Å². The molecule has 21 heavy (non-hydrogen) atoms. The summed E-state index contributed by atoms with van der Waals surface area (Å²) in [5.74, 6) is 0. The summed E-state index contributed by atoms with van der Waals surface area (Å²) in [5.41, 5.74) is 11.1. The van der Waals surface area contributed by atoms with E-state index in [2.05, 4.69) is 22.4 Å². The van der Waals surface area contributed by atoms with E-state index >= 15 is 0 Å². The third-order valence-electron chi connectivity index (χ3n) is 3.76. The fourth-order valence-corrected chi connectivity index (χ4v) is 2.72. The number of aromatic nitrogens is 1. The highest BCUT2D eigenvalue weighted by molar-refractivity contribution is 6.16. The van der Waals surface area contributed by atoms with E-state index in [1.54, 1.807) is 12.5 Å². The van der Waals surface area contributed by atoms with E-state index in [0.717, 1.165) is 39.9 Å². The molecular formula is C17H15N3O. The number of nitrogens with two attached hydrogens (primary N) is 1. The van der Waals surface area contributed by atoms with Crippen molar-refractivity contribution in [3.05, 3.63) is 60.6 Å². The molecule has 4 nitrogen and oxygen atoms in total. The summed E-state index contributed by atoms with van der Waals surface area (Å²) in [7, 11) is 0. The van der Waals surface area contributed by atoms with Gasteiger partial charge < -0.3 is 20.5 Å². The average Bonchev–Trinajstić information content (AvgIpc) is 3.14. The topological polar surface area (TPSA) is 67.0 Å². The van der Waals surface area contributed by atoms with Crippen LogP contribution in [0.5, 0.6) is 0 Å². The Morgan fingerprint density at radius 1 is 1.10 bits per heavy atom. The van der Waals surface area contributed by atoms with Crippen LogP contribution in [0.25, 0.3) is 21.8 Å². The Labute approximate surface area is 121 Å². The number of H-pyrrole nitrogens is 1. The maximum absolute atomic E-state index is 6.11. The molecule has 0 aliphatic heterocycles. The first-order valence-corrected chi connectivity index (χ1v) is 6.87. The maximum Gasteiger partial charge on any atom is 0.0952 e. The normalized spacial score (nSPS) is 11.2. The highest BCUT2D eigenvalue weighted by Crippen LogP contribution is 2.34. The Balaban J connectivity index is 1.86. The fraction of sp³-hybridized carbons (Fsp3) is 0.0588. The van der Waals surface area contributed by atoms with Crippen LogP contribution in [0.3, 0.4) is 0 Å². The maximum atomic E-state index is 6.11. The summed E-state index contributed by atoms with van der Waals surface area (Å²) in [6.07, 6.45) is 3.43. The predicted molar refractivity (Wildman–Crippen MR) is 86.3 cm³/mol. The zero-order valence-electron chi connectivity index (χ0n) is 11.4. The summed E-state index contributed by atoms with van der Waals surface area (Å²) < 4.78 is 5.10. The van der Waals surface area contributed by atoms with E-state index in [0.29, 0.717) is 0 Å². The largest absolute Gasteiger partial charge is 0.472 e. The smallest absolute Gasteiger partial charge is 0.0952 e. The first-order valence-electron chi connectivity index (χ1n) is 6.87. The zero-order chi connectivity index (χ0) is 14.2. The number of benzene rings is 2. The Hall–Kier alpha value is -2.88. The Kier molecular flexibility index (Phi) is 2.60. The first kappa shape index (κ1) is 11.9. The van der Waals surface area contributed by atoms with Crippen molar-refractivity contribution in [2.45, 2.75) is 6.54 Å². The van der Waals surface area contributed by atoms with Gasteiger partial charge in [0, 0.05) is 34.1 Å². The molecule has 0 aliphatic rings. The summed E-state index contributed by atoms with van der Waals surface area (Å²) >= 11 is 0. The van der Waals surface area contributed by atoms with Crippen LogP contribution in [0.4, 0.5) is 11.4 Å². The number of para-hydroxylation sites is 1. The van der Waals surface area contributed by atoms with Gasteiger partial charge in [0.15, 0.2) is 0 Å². The number of furan rings is 1. The van der Waals surface area contributed by atoms with Crippen LogP contribution in [-0.4, -0.2) is 4.98 Å². The Morgan fingerprint density at radius 2 is 2.00 bits per heavy atom. The average molecular weight is 277 g/mol. The summed E-state index contributed by atoms with van der Waals surface area (Å²) in [6, 6.07) is 14.1. The monoisotopic (exact) mass is 277 g/mol. The van der Waals surface area contributed by atoms with Crippen molar-refractivity contribution in [1.82, 2.24) is 4.98 Å². The number of aromatic amines is 1. The molecule has 0 radical (unpaired) electrons.